The van der Waals surface area contributed by atoms with Crippen molar-refractivity contribution in [3.05, 3.63) is 23.8 Å². The summed E-state index contributed by atoms with van der Waals surface area (Å²) >= 11 is 0. The number of fused-ring (bicyclic) bond motifs is 1. The molecule has 0 spiro atoms. The van der Waals surface area contributed by atoms with E-state index in [4.69, 9.17) is 9.47 Å². The smallest absolute Gasteiger partial charge is 0.414 e. The van der Waals surface area contributed by atoms with Crippen molar-refractivity contribution in [3.8, 4) is 0 Å². The number of methoxy groups -OCH3 is 1. The van der Waals surface area contributed by atoms with Gasteiger partial charge in [-0.15, -0.1) is 0 Å². The van der Waals surface area contributed by atoms with Crippen LogP contribution >= 0.6 is 0 Å². The van der Waals surface area contributed by atoms with Crippen LogP contribution in [0.2, 0.25) is 0 Å². The van der Waals surface area contributed by atoms with Gasteiger partial charge in [-0.2, -0.15) is 0 Å². The molecule has 12 heteroatoms. The first kappa shape index (κ1) is 20.0. The number of nitrogens with zero attached hydrogens (tertiary/aromatic N) is 3. The predicted octanol–water partition coefficient (Wildman–Crippen LogP) is 1.29. The van der Waals surface area contributed by atoms with Crippen molar-refractivity contribution >= 4 is 29.7 Å². The topological polar surface area (TPSA) is 101 Å². The molecule has 3 aliphatic rings. The van der Waals surface area contributed by atoms with Gasteiger partial charge in [-0.05, 0) is 0 Å². The van der Waals surface area contributed by atoms with Crippen LogP contribution in [0, 0.1) is 11.6 Å². The largest absolute Gasteiger partial charge is 0.453 e. The zero-order chi connectivity index (χ0) is 21.6. The minimum Gasteiger partial charge on any atom is -0.453 e. The number of ether oxygens (including phenoxy) is 3. The maximum Gasteiger partial charge on any atom is 0.414 e. The van der Waals surface area contributed by atoms with E-state index in [2.05, 4.69) is 10.1 Å². The average molecular weight is 426 g/mol. The Balaban J connectivity index is 1.48. The Morgan fingerprint density at radius 3 is 2.50 bits per heavy atom. The van der Waals surface area contributed by atoms with Crippen molar-refractivity contribution in [1.82, 2.24) is 10.2 Å². The summed E-state index contributed by atoms with van der Waals surface area (Å²) in [5, 5.41) is 2.40. The highest BCUT2D eigenvalue weighted by Crippen LogP contribution is 2.35. The van der Waals surface area contributed by atoms with E-state index < -0.39 is 42.1 Å². The SMILES string of the molecule is COC(=O)NC[C@H]1CN(c2cc(F)c(N3C[C@@H]4OC(=O)N(C)[C@@H]4C3)c(F)c2)C(=O)O1. The fourth-order valence-corrected chi connectivity index (χ4v) is 3.89. The minimum absolute atomic E-state index is 0.000748. The first-order valence-corrected chi connectivity index (χ1v) is 9.26. The molecule has 4 rings (SSSR count). The summed E-state index contributed by atoms with van der Waals surface area (Å²) in [5.41, 5.74) is -0.240. The van der Waals surface area contributed by atoms with Crippen molar-refractivity contribution in [3.63, 3.8) is 0 Å². The lowest BCUT2D eigenvalue weighted by Gasteiger charge is -2.23. The van der Waals surface area contributed by atoms with Crippen molar-refractivity contribution < 1.29 is 37.4 Å². The zero-order valence-electron chi connectivity index (χ0n) is 16.3. The van der Waals surface area contributed by atoms with Crippen molar-refractivity contribution in [1.29, 1.82) is 0 Å². The van der Waals surface area contributed by atoms with E-state index in [-0.39, 0.29) is 43.6 Å². The van der Waals surface area contributed by atoms with E-state index in [1.165, 1.54) is 16.9 Å². The molecule has 1 N–H and O–H groups in total. The van der Waals surface area contributed by atoms with Crippen molar-refractivity contribution in [2.45, 2.75) is 18.2 Å². The number of hydrogen-bond acceptors (Lipinski definition) is 7. The molecule has 0 radical (unpaired) electrons. The Morgan fingerprint density at radius 1 is 1.17 bits per heavy atom. The van der Waals surface area contributed by atoms with Crippen LogP contribution in [0.15, 0.2) is 12.1 Å². The van der Waals surface area contributed by atoms with Gasteiger partial charge in [0, 0.05) is 25.7 Å². The second-order valence-corrected chi connectivity index (χ2v) is 7.25. The molecule has 0 aromatic heterocycles. The number of likely N-dealkylation sites (N-methyl/N-ethyl adjacent to an activating group) is 1. The van der Waals surface area contributed by atoms with E-state index in [0.717, 1.165) is 17.0 Å². The van der Waals surface area contributed by atoms with E-state index in [9.17, 15) is 23.2 Å². The molecular weight excluding hydrogens is 406 g/mol. The van der Waals surface area contributed by atoms with Crippen LogP contribution in [0.5, 0.6) is 0 Å². The summed E-state index contributed by atoms with van der Waals surface area (Å²) in [4.78, 5) is 38.8. The third-order valence-electron chi connectivity index (χ3n) is 5.44. The van der Waals surface area contributed by atoms with Gasteiger partial charge in [-0.25, -0.2) is 23.2 Å². The summed E-state index contributed by atoms with van der Waals surface area (Å²) < 4.78 is 44.4. The second kappa shape index (κ2) is 7.50. The summed E-state index contributed by atoms with van der Waals surface area (Å²) in [6.07, 6.45) is -3.06. The molecule has 0 saturated carbocycles. The molecule has 1 aromatic rings. The van der Waals surface area contributed by atoms with Gasteiger partial charge >= 0.3 is 18.3 Å². The monoisotopic (exact) mass is 426 g/mol. The van der Waals surface area contributed by atoms with Gasteiger partial charge in [0.2, 0.25) is 0 Å². The standard InChI is InChI=1S/C18H20F2N4O6/c1-22-13-7-23(8-14(13)30-17(22)26)15-11(19)3-9(4-12(15)20)24-6-10(29-18(24)27)5-21-16(25)28-2/h3-4,10,13-14H,5-8H2,1-2H3,(H,21,25)/t10-,13+,14-/m0/s1. The molecule has 3 amide bonds. The number of carbonyl (C=O) groups is 3. The number of benzene rings is 1. The second-order valence-electron chi connectivity index (χ2n) is 7.25. The van der Waals surface area contributed by atoms with Crippen LogP contribution in [0.4, 0.5) is 34.5 Å². The fourth-order valence-electron chi connectivity index (χ4n) is 3.89. The van der Waals surface area contributed by atoms with Gasteiger partial charge in [0.1, 0.15) is 17.9 Å². The van der Waals surface area contributed by atoms with Crippen LogP contribution in [0.3, 0.4) is 0 Å². The normalized spacial score (nSPS) is 25.3. The summed E-state index contributed by atoms with van der Waals surface area (Å²) in [7, 11) is 2.78. The van der Waals surface area contributed by atoms with Gasteiger partial charge in [0.15, 0.2) is 11.6 Å². The highest BCUT2D eigenvalue weighted by molar-refractivity contribution is 5.90. The summed E-state index contributed by atoms with van der Waals surface area (Å²) in [5.74, 6) is -1.69. The highest BCUT2D eigenvalue weighted by atomic mass is 19.1. The molecular formula is C18H20F2N4O6. The first-order valence-electron chi connectivity index (χ1n) is 9.26. The number of cyclic esters (lactones) is 1. The first-order chi connectivity index (χ1) is 14.3. The molecule has 3 atom stereocenters. The molecule has 3 fully saturated rings. The lowest BCUT2D eigenvalue weighted by Crippen LogP contribution is -2.35. The molecule has 0 unspecified atom stereocenters. The molecule has 0 bridgehead atoms. The number of alkyl carbamates (subject to hydrolysis) is 1. The van der Waals surface area contributed by atoms with Gasteiger partial charge < -0.3 is 29.3 Å². The number of carbonyl (C=O) groups excluding carboxylic acids is 3. The molecule has 3 heterocycles. The molecule has 3 saturated heterocycles. The lowest BCUT2D eigenvalue weighted by atomic mass is 10.2. The number of rotatable bonds is 4. The van der Waals surface area contributed by atoms with E-state index in [1.54, 1.807) is 7.05 Å². The molecule has 162 valence electrons. The van der Waals surface area contributed by atoms with Crippen molar-refractivity contribution in [2.75, 3.05) is 50.1 Å². The number of anilines is 2. The number of nitrogens with one attached hydrogen (secondary N) is 1. The van der Waals surface area contributed by atoms with Crippen LogP contribution in [0.1, 0.15) is 0 Å². The maximum absolute atomic E-state index is 14.8. The Morgan fingerprint density at radius 2 is 1.87 bits per heavy atom. The Bertz CT molecular complexity index is 876. The number of hydrogen-bond donors (Lipinski definition) is 1. The lowest BCUT2D eigenvalue weighted by molar-refractivity contribution is 0.132. The minimum atomic E-state index is -0.845. The highest BCUT2D eigenvalue weighted by Gasteiger charge is 2.47. The molecule has 1 aromatic carbocycles. The van der Waals surface area contributed by atoms with Crippen LogP contribution in [0.25, 0.3) is 0 Å². The Labute approximate surface area is 170 Å². The number of amides is 3. The summed E-state index contributed by atoms with van der Waals surface area (Å²) in [6.45, 7) is 0.407. The molecule has 0 aliphatic carbocycles. The van der Waals surface area contributed by atoms with E-state index >= 15 is 0 Å². The van der Waals surface area contributed by atoms with E-state index in [0.29, 0.717) is 0 Å². The Kier molecular flexibility index (Phi) is 5.00. The van der Waals surface area contributed by atoms with E-state index in [1.807, 2.05) is 0 Å². The fraction of sp³-hybridized carbons (Fsp3) is 0.500. The summed E-state index contributed by atoms with van der Waals surface area (Å²) in [6, 6.07) is 1.83. The number of halogens is 2. The third kappa shape index (κ3) is 3.42. The predicted molar refractivity (Wildman–Crippen MR) is 98.4 cm³/mol. The van der Waals surface area contributed by atoms with Gasteiger partial charge in [0.25, 0.3) is 0 Å². The van der Waals surface area contributed by atoms with Crippen molar-refractivity contribution in [2.24, 2.45) is 0 Å². The third-order valence-corrected chi connectivity index (χ3v) is 5.44. The molecule has 30 heavy (non-hydrogen) atoms. The molecule has 10 nitrogen and oxygen atoms in total. The maximum atomic E-state index is 14.8. The average Bonchev–Trinajstić information content (AvgIpc) is 3.34. The Hall–Kier alpha value is -3.31. The van der Waals surface area contributed by atoms with Crippen LogP contribution in [-0.4, -0.2) is 81.8 Å². The van der Waals surface area contributed by atoms with Gasteiger partial charge in [-0.3, -0.25) is 4.90 Å². The van der Waals surface area contributed by atoms with Crippen LogP contribution in [-0.2, 0) is 14.2 Å². The van der Waals surface area contributed by atoms with Gasteiger partial charge in [-0.1, -0.05) is 0 Å². The molecule has 3 aliphatic heterocycles. The quantitative estimate of drug-likeness (QED) is 0.724. The zero-order valence-corrected chi connectivity index (χ0v) is 16.3. The van der Waals surface area contributed by atoms with Gasteiger partial charge in [0.05, 0.1) is 38.5 Å². The van der Waals surface area contributed by atoms with Crippen LogP contribution < -0.4 is 15.1 Å².